The van der Waals surface area contributed by atoms with Crippen LogP contribution in [0.3, 0.4) is 0 Å². The van der Waals surface area contributed by atoms with Gasteiger partial charge in [-0.25, -0.2) is 0 Å². The van der Waals surface area contributed by atoms with Crippen molar-refractivity contribution < 1.29 is 9.59 Å². The van der Waals surface area contributed by atoms with E-state index < -0.39 is 0 Å². The first kappa shape index (κ1) is 17.4. The van der Waals surface area contributed by atoms with Crippen molar-refractivity contribution in [2.45, 2.75) is 20.8 Å². The molecule has 0 radical (unpaired) electrons. The molecule has 1 heterocycles. The Morgan fingerprint density at radius 3 is 2.33 bits per heavy atom. The van der Waals surface area contributed by atoms with Gasteiger partial charge in [0.15, 0.2) is 0 Å². The molecule has 0 saturated carbocycles. The molecule has 0 fully saturated rings. The number of carbonyl (C=O) groups excluding carboxylic acids is 2. The van der Waals surface area contributed by atoms with E-state index in [1.54, 1.807) is 30.6 Å². The van der Waals surface area contributed by atoms with Crippen LogP contribution in [0.1, 0.15) is 22.3 Å². The summed E-state index contributed by atoms with van der Waals surface area (Å²) in [5.74, 6) is -0.574. The average molecular weight is 323 g/mol. The van der Waals surface area contributed by atoms with Crippen molar-refractivity contribution in [2.75, 3.05) is 11.9 Å². The first-order chi connectivity index (χ1) is 11.5. The predicted molar refractivity (Wildman–Crippen MR) is 95.6 cm³/mol. The predicted octanol–water partition coefficient (Wildman–Crippen LogP) is 2.77. The minimum absolute atomic E-state index is 0.0771. The average Bonchev–Trinajstić information content (AvgIpc) is 2.55. The maximum Gasteiger partial charge on any atom is 0.244 e. The molecular formula is C19H21N3O2. The van der Waals surface area contributed by atoms with Crippen LogP contribution < -0.4 is 10.6 Å². The molecule has 0 aliphatic rings. The van der Waals surface area contributed by atoms with Gasteiger partial charge in [0.1, 0.15) is 0 Å². The zero-order valence-electron chi connectivity index (χ0n) is 14.1. The number of rotatable bonds is 5. The lowest BCUT2D eigenvalue weighted by molar-refractivity contribution is -0.121. The van der Waals surface area contributed by atoms with E-state index >= 15 is 0 Å². The second-order valence-electron chi connectivity index (χ2n) is 5.65. The topological polar surface area (TPSA) is 71.1 Å². The van der Waals surface area contributed by atoms with Crippen LogP contribution >= 0.6 is 0 Å². The first-order valence-electron chi connectivity index (χ1n) is 7.69. The molecule has 1 aromatic carbocycles. The zero-order valence-corrected chi connectivity index (χ0v) is 14.1. The summed E-state index contributed by atoms with van der Waals surface area (Å²) < 4.78 is 0. The molecule has 0 atom stereocenters. The van der Waals surface area contributed by atoms with E-state index in [2.05, 4.69) is 15.6 Å². The van der Waals surface area contributed by atoms with E-state index in [1.165, 1.54) is 6.08 Å². The summed E-state index contributed by atoms with van der Waals surface area (Å²) in [5, 5.41) is 5.42. The van der Waals surface area contributed by atoms with Crippen molar-refractivity contribution >= 4 is 23.6 Å². The van der Waals surface area contributed by atoms with Gasteiger partial charge in [0, 0.05) is 24.2 Å². The van der Waals surface area contributed by atoms with Gasteiger partial charge in [-0.3, -0.25) is 14.6 Å². The smallest absolute Gasteiger partial charge is 0.244 e. The zero-order chi connectivity index (χ0) is 17.5. The third kappa shape index (κ3) is 5.05. The number of nitrogens with one attached hydrogen (secondary N) is 2. The highest BCUT2D eigenvalue weighted by atomic mass is 16.2. The molecule has 1 aromatic heterocycles. The maximum absolute atomic E-state index is 12.0. The molecule has 0 aliphatic heterocycles. The van der Waals surface area contributed by atoms with E-state index in [0.717, 1.165) is 27.9 Å². The normalized spacial score (nSPS) is 10.6. The number of amides is 2. The van der Waals surface area contributed by atoms with E-state index in [1.807, 2.05) is 32.9 Å². The molecule has 0 aliphatic carbocycles. The molecule has 24 heavy (non-hydrogen) atoms. The fourth-order valence-corrected chi connectivity index (χ4v) is 2.43. The van der Waals surface area contributed by atoms with Crippen LogP contribution in [-0.4, -0.2) is 23.3 Å². The third-order valence-electron chi connectivity index (χ3n) is 3.50. The quantitative estimate of drug-likeness (QED) is 0.831. The van der Waals surface area contributed by atoms with Crippen molar-refractivity contribution in [1.82, 2.24) is 10.3 Å². The van der Waals surface area contributed by atoms with Crippen molar-refractivity contribution in [1.29, 1.82) is 0 Å². The molecule has 2 aromatic rings. The van der Waals surface area contributed by atoms with Gasteiger partial charge in [0.2, 0.25) is 11.8 Å². The number of pyridine rings is 1. The Morgan fingerprint density at radius 1 is 1.08 bits per heavy atom. The molecule has 5 heteroatoms. The van der Waals surface area contributed by atoms with Gasteiger partial charge in [-0.2, -0.15) is 0 Å². The van der Waals surface area contributed by atoms with Crippen LogP contribution in [0.4, 0.5) is 5.69 Å². The number of hydrogen-bond donors (Lipinski definition) is 2. The SMILES string of the molecule is Cc1cc(C)c(NC(=O)CNC(=O)/C=C/c2ccncc2)c(C)c1. The van der Waals surface area contributed by atoms with Gasteiger partial charge in [-0.1, -0.05) is 17.7 Å². The first-order valence-corrected chi connectivity index (χ1v) is 7.69. The lowest BCUT2D eigenvalue weighted by Gasteiger charge is -2.13. The monoisotopic (exact) mass is 323 g/mol. The Balaban J connectivity index is 1.87. The number of aryl methyl sites for hydroxylation is 3. The van der Waals surface area contributed by atoms with Crippen LogP contribution in [0, 0.1) is 20.8 Å². The molecule has 0 spiro atoms. The Bertz CT molecular complexity index is 744. The number of anilines is 1. The van der Waals surface area contributed by atoms with Crippen LogP contribution in [0.25, 0.3) is 6.08 Å². The van der Waals surface area contributed by atoms with Gasteiger partial charge in [-0.05, 0) is 55.7 Å². The van der Waals surface area contributed by atoms with E-state index in [9.17, 15) is 9.59 Å². The standard InChI is InChI=1S/C19H21N3O2/c1-13-10-14(2)19(15(3)11-13)22-18(24)12-21-17(23)5-4-16-6-8-20-9-7-16/h4-11H,12H2,1-3H3,(H,21,23)(H,22,24)/b5-4+. The number of nitrogens with zero attached hydrogens (tertiary/aromatic N) is 1. The Morgan fingerprint density at radius 2 is 1.71 bits per heavy atom. The van der Waals surface area contributed by atoms with Gasteiger partial charge in [0.25, 0.3) is 0 Å². The minimum atomic E-state index is -0.320. The maximum atomic E-state index is 12.0. The van der Waals surface area contributed by atoms with Crippen molar-refractivity contribution in [3.63, 3.8) is 0 Å². The third-order valence-corrected chi connectivity index (χ3v) is 3.50. The lowest BCUT2D eigenvalue weighted by Crippen LogP contribution is -2.32. The summed E-state index contributed by atoms with van der Waals surface area (Å²) in [6.45, 7) is 5.84. The second-order valence-corrected chi connectivity index (χ2v) is 5.65. The van der Waals surface area contributed by atoms with E-state index in [0.29, 0.717) is 0 Å². The number of carbonyl (C=O) groups is 2. The fraction of sp³-hybridized carbons (Fsp3) is 0.211. The van der Waals surface area contributed by atoms with Crippen molar-refractivity contribution in [2.24, 2.45) is 0 Å². The summed E-state index contributed by atoms with van der Waals surface area (Å²) in [6.07, 6.45) is 6.36. The van der Waals surface area contributed by atoms with Crippen LogP contribution in [0.2, 0.25) is 0 Å². The van der Waals surface area contributed by atoms with Gasteiger partial charge < -0.3 is 10.6 Å². The summed E-state index contributed by atoms with van der Waals surface area (Å²) in [7, 11) is 0. The molecular weight excluding hydrogens is 302 g/mol. The number of benzene rings is 1. The van der Waals surface area contributed by atoms with Gasteiger partial charge in [-0.15, -0.1) is 0 Å². The summed E-state index contributed by atoms with van der Waals surface area (Å²) in [4.78, 5) is 27.7. The number of hydrogen-bond acceptors (Lipinski definition) is 3. The number of aromatic nitrogens is 1. The molecule has 0 unspecified atom stereocenters. The van der Waals surface area contributed by atoms with Crippen LogP contribution in [-0.2, 0) is 9.59 Å². The van der Waals surface area contributed by atoms with E-state index in [-0.39, 0.29) is 18.4 Å². The highest BCUT2D eigenvalue weighted by molar-refractivity contribution is 5.98. The van der Waals surface area contributed by atoms with Gasteiger partial charge >= 0.3 is 0 Å². The highest BCUT2D eigenvalue weighted by Crippen LogP contribution is 2.21. The van der Waals surface area contributed by atoms with Crippen molar-refractivity contribution in [3.05, 3.63) is 65.0 Å². The molecule has 0 saturated heterocycles. The Kier molecular flexibility index (Phi) is 5.84. The summed E-state index contributed by atoms with van der Waals surface area (Å²) in [6, 6.07) is 7.61. The molecule has 2 N–H and O–H groups in total. The highest BCUT2D eigenvalue weighted by Gasteiger charge is 2.08. The van der Waals surface area contributed by atoms with Crippen LogP contribution in [0.15, 0.2) is 42.7 Å². The minimum Gasteiger partial charge on any atom is -0.343 e. The molecule has 5 nitrogen and oxygen atoms in total. The summed E-state index contributed by atoms with van der Waals surface area (Å²) in [5.41, 5.74) is 4.83. The lowest BCUT2D eigenvalue weighted by atomic mass is 10.1. The molecule has 2 rings (SSSR count). The molecule has 0 bridgehead atoms. The van der Waals surface area contributed by atoms with Crippen LogP contribution in [0.5, 0.6) is 0 Å². The Hall–Kier alpha value is -2.95. The molecule has 2 amide bonds. The largest absolute Gasteiger partial charge is 0.343 e. The van der Waals surface area contributed by atoms with Gasteiger partial charge in [0.05, 0.1) is 6.54 Å². The Labute approximate surface area is 141 Å². The fourth-order valence-electron chi connectivity index (χ4n) is 2.43. The van der Waals surface area contributed by atoms with Crippen molar-refractivity contribution in [3.8, 4) is 0 Å². The molecule has 124 valence electrons. The second kappa shape index (κ2) is 8.06. The summed E-state index contributed by atoms with van der Waals surface area (Å²) >= 11 is 0. The van der Waals surface area contributed by atoms with E-state index in [4.69, 9.17) is 0 Å².